The van der Waals surface area contributed by atoms with Crippen molar-refractivity contribution in [3.8, 4) is 0 Å². The molecule has 7 nitrogen and oxygen atoms in total. The summed E-state index contributed by atoms with van der Waals surface area (Å²) in [6.45, 7) is 3.57. The van der Waals surface area contributed by atoms with Gasteiger partial charge in [-0.2, -0.15) is 0 Å². The Labute approximate surface area is 147 Å². The van der Waals surface area contributed by atoms with Crippen LogP contribution in [0.3, 0.4) is 0 Å². The Balaban J connectivity index is 3.04. The summed E-state index contributed by atoms with van der Waals surface area (Å²) < 4.78 is 28.3. The SMILES string of the molecule is CCOP(=O)(OCC)C(CC(=O)/C=C/OC)NC(=O)c1ccccc1. The third kappa shape index (κ3) is 6.82. The molecule has 1 amide bonds. The summed E-state index contributed by atoms with van der Waals surface area (Å²) in [6.07, 6.45) is 2.17. The summed E-state index contributed by atoms with van der Waals surface area (Å²) in [5, 5.41) is 2.60. The number of methoxy groups -OCH3 is 1. The molecule has 25 heavy (non-hydrogen) atoms. The van der Waals surface area contributed by atoms with Gasteiger partial charge in [0.05, 0.1) is 26.6 Å². The van der Waals surface area contributed by atoms with Gasteiger partial charge in [-0.15, -0.1) is 0 Å². The van der Waals surface area contributed by atoms with Gasteiger partial charge in [0.2, 0.25) is 0 Å². The number of carbonyl (C=O) groups excluding carboxylic acids is 2. The van der Waals surface area contributed by atoms with Gasteiger partial charge in [-0.05, 0) is 26.0 Å². The number of benzene rings is 1. The highest BCUT2D eigenvalue weighted by Gasteiger charge is 2.38. The summed E-state index contributed by atoms with van der Waals surface area (Å²) in [5.41, 5.74) is 0.381. The molecule has 0 aliphatic rings. The third-order valence-electron chi connectivity index (χ3n) is 3.12. The average molecular weight is 369 g/mol. The fourth-order valence-corrected chi connectivity index (χ4v) is 3.88. The molecule has 1 aromatic rings. The molecule has 1 atom stereocenters. The number of carbonyl (C=O) groups is 2. The zero-order valence-electron chi connectivity index (χ0n) is 14.6. The summed E-state index contributed by atoms with van der Waals surface area (Å²) >= 11 is 0. The molecule has 0 fully saturated rings. The van der Waals surface area contributed by atoms with Crippen LogP contribution in [0.5, 0.6) is 0 Å². The second-order valence-corrected chi connectivity index (χ2v) is 7.16. The van der Waals surface area contributed by atoms with Crippen molar-refractivity contribution in [1.82, 2.24) is 5.32 Å². The summed E-state index contributed by atoms with van der Waals surface area (Å²) in [6, 6.07) is 8.43. The highest BCUT2D eigenvalue weighted by atomic mass is 31.2. The van der Waals surface area contributed by atoms with Crippen LogP contribution >= 0.6 is 7.60 Å². The molecule has 0 bridgehead atoms. The lowest BCUT2D eigenvalue weighted by Crippen LogP contribution is -2.37. The minimum absolute atomic E-state index is 0.122. The molecule has 0 radical (unpaired) electrons. The second kappa shape index (κ2) is 10.8. The van der Waals surface area contributed by atoms with Crippen LogP contribution in [0.1, 0.15) is 30.6 Å². The van der Waals surface area contributed by atoms with E-state index in [4.69, 9.17) is 13.8 Å². The van der Waals surface area contributed by atoms with Crippen molar-refractivity contribution < 1.29 is 27.9 Å². The van der Waals surface area contributed by atoms with Crippen molar-refractivity contribution in [2.45, 2.75) is 26.1 Å². The van der Waals surface area contributed by atoms with Crippen molar-refractivity contribution in [2.24, 2.45) is 0 Å². The molecule has 0 heterocycles. The van der Waals surface area contributed by atoms with Crippen LogP contribution in [0, 0.1) is 0 Å². The summed E-state index contributed by atoms with van der Waals surface area (Å²) in [7, 11) is -2.31. The average Bonchev–Trinajstić information content (AvgIpc) is 2.60. The maximum atomic E-state index is 13.0. The second-order valence-electron chi connectivity index (χ2n) is 4.94. The Morgan fingerprint density at radius 2 is 1.76 bits per heavy atom. The van der Waals surface area contributed by atoms with Gasteiger partial charge in [-0.3, -0.25) is 14.2 Å². The number of hydrogen-bond acceptors (Lipinski definition) is 6. The van der Waals surface area contributed by atoms with Crippen LogP contribution in [0.2, 0.25) is 0 Å². The number of nitrogens with one attached hydrogen (secondary N) is 1. The van der Waals surface area contributed by atoms with E-state index in [1.54, 1.807) is 44.2 Å². The predicted molar refractivity (Wildman–Crippen MR) is 94.3 cm³/mol. The predicted octanol–water partition coefficient (Wildman–Crippen LogP) is 3.13. The van der Waals surface area contributed by atoms with Crippen LogP contribution in [0.15, 0.2) is 42.7 Å². The van der Waals surface area contributed by atoms with E-state index >= 15 is 0 Å². The standard InChI is InChI=1S/C17H24NO6P/c1-4-23-25(21,24-5-2)16(13-15(19)11-12-22-3)18-17(20)14-9-7-6-8-10-14/h6-12,16H,4-5,13H2,1-3H3,(H,18,20)/b12-11+. The van der Waals surface area contributed by atoms with E-state index in [0.29, 0.717) is 5.56 Å². The summed E-state index contributed by atoms with van der Waals surface area (Å²) in [4.78, 5) is 24.4. The first-order chi connectivity index (χ1) is 12.0. The van der Waals surface area contributed by atoms with Crippen LogP contribution in [0.4, 0.5) is 0 Å². The molecule has 0 aliphatic heterocycles. The molecule has 1 unspecified atom stereocenters. The van der Waals surface area contributed by atoms with Crippen molar-refractivity contribution in [1.29, 1.82) is 0 Å². The lowest BCUT2D eigenvalue weighted by atomic mass is 10.2. The van der Waals surface area contributed by atoms with Gasteiger partial charge in [-0.25, -0.2) is 0 Å². The molecule has 1 aromatic carbocycles. The van der Waals surface area contributed by atoms with E-state index < -0.39 is 19.3 Å². The minimum atomic E-state index is -3.72. The van der Waals surface area contributed by atoms with Crippen LogP contribution in [0.25, 0.3) is 0 Å². The van der Waals surface area contributed by atoms with Crippen molar-refractivity contribution in [3.63, 3.8) is 0 Å². The zero-order chi connectivity index (χ0) is 18.7. The minimum Gasteiger partial charge on any atom is -0.504 e. The number of ether oxygens (including phenoxy) is 1. The topological polar surface area (TPSA) is 90.9 Å². The van der Waals surface area contributed by atoms with Gasteiger partial charge in [0.25, 0.3) is 5.91 Å². The fourth-order valence-electron chi connectivity index (χ4n) is 2.05. The number of hydrogen-bond donors (Lipinski definition) is 1. The van der Waals surface area contributed by atoms with E-state index in [2.05, 4.69) is 5.32 Å². The smallest absolute Gasteiger partial charge is 0.353 e. The number of ketones is 1. The first kappa shape index (κ1) is 21.1. The molecule has 0 aliphatic carbocycles. The number of amides is 1. The van der Waals surface area contributed by atoms with Crippen LogP contribution in [-0.4, -0.2) is 37.8 Å². The Kier molecular flexibility index (Phi) is 9.13. The zero-order valence-corrected chi connectivity index (χ0v) is 15.5. The van der Waals surface area contributed by atoms with Gasteiger partial charge in [-0.1, -0.05) is 18.2 Å². The first-order valence-corrected chi connectivity index (χ1v) is 9.54. The molecule has 138 valence electrons. The Hall–Kier alpha value is -1.95. The molecular weight excluding hydrogens is 345 g/mol. The van der Waals surface area contributed by atoms with Crippen LogP contribution < -0.4 is 5.32 Å². The van der Waals surface area contributed by atoms with E-state index in [9.17, 15) is 14.2 Å². The van der Waals surface area contributed by atoms with Crippen molar-refractivity contribution in [2.75, 3.05) is 20.3 Å². The largest absolute Gasteiger partial charge is 0.504 e. The van der Waals surface area contributed by atoms with Crippen molar-refractivity contribution in [3.05, 3.63) is 48.2 Å². The van der Waals surface area contributed by atoms with Crippen molar-refractivity contribution >= 4 is 19.3 Å². The molecule has 0 aromatic heterocycles. The lowest BCUT2D eigenvalue weighted by molar-refractivity contribution is -0.114. The van der Waals surface area contributed by atoms with Gasteiger partial charge >= 0.3 is 7.60 Å². The van der Waals surface area contributed by atoms with Gasteiger partial charge in [0, 0.05) is 18.1 Å². The molecule has 1 N–H and O–H groups in total. The van der Waals surface area contributed by atoms with Gasteiger partial charge in [0.15, 0.2) is 5.78 Å². The van der Waals surface area contributed by atoms with Gasteiger partial charge in [0.1, 0.15) is 5.78 Å². The molecule has 0 saturated heterocycles. The Bertz CT molecular complexity index is 621. The molecule has 1 rings (SSSR count). The van der Waals surface area contributed by atoms with E-state index in [0.717, 1.165) is 0 Å². The Morgan fingerprint density at radius 3 is 2.28 bits per heavy atom. The van der Waals surface area contributed by atoms with E-state index in [1.807, 2.05) is 0 Å². The van der Waals surface area contributed by atoms with E-state index in [-0.39, 0.29) is 25.4 Å². The highest BCUT2D eigenvalue weighted by Crippen LogP contribution is 2.53. The monoisotopic (exact) mass is 369 g/mol. The normalized spacial score (nSPS) is 12.8. The summed E-state index contributed by atoms with van der Waals surface area (Å²) in [5.74, 6) is -1.94. The van der Waals surface area contributed by atoms with E-state index in [1.165, 1.54) is 19.4 Å². The maximum Gasteiger partial charge on any atom is 0.353 e. The number of rotatable bonds is 11. The number of allylic oxidation sites excluding steroid dienone is 1. The van der Waals surface area contributed by atoms with Crippen LogP contribution in [-0.2, 0) is 23.1 Å². The highest BCUT2D eigenvalue weighted by molar-refractivity contribution is 7.54. The van der Waals surface area contributed by atoms with Gasteiger partial charge < -0.3 is 19.1 Å². The fraction of sp³-hybridized carbons (Fsp3) is 0.412. The quantitative estimate of drug-likeness (QED) is 0.366. The first-order valence-electron chi connectivity index (χ1n) is 7.93. The lowest BCUT2D eigenvalue weighted by Gasteiger charge is -2.26. The molecule has 0 saturated carbocycles. The maximum absolute atomic E-state index is 13.0. The Morgan fingerprint density at radius 1 is 1.16 bits per heavy atom. The third-order valence-corrected chi connectivity index (χ3v) is 5.43. The molecule has 0 spiro atoms. The molecular formula is C17H24NO6P. The molecule has 8 heteroatoms.